The molecule has 0 N–H and O–H groups in total. The highest BCUT2D eigenvalue weighted by Crippen LogP contribution is 2.17. The molecule has 0 aromatic carbocycles. The SMILES string of the molecule is CC(C)N1CC(OCc2ccccn2)C1.CC(C)N1CCC(OCc2ccccn2)CC1. The van der Waals surface area contributed by atoms with Crippen molar-refractivity contribution in [3.8, 4) is 0 Å². The highest BCUT2D eigenvalue weighted by molar-refractivity contribution is 5.03. The Kier molecular flexibility index (Phi) is 10.1. The normalized spacial score (nSPS) is 18.4. The van der Waals surface area contributed by atoms with E-state index in [4.69, 9.17) is 9.47 Å². The zero-order chi connectivity index (χ0) is 22.8. The second-order valence-electron chi connectivity index (χ2n) is 9.26. The number of aromatic nitrogens is 2. The maximum Gasteiger partial charge on any atom is 0.0892 e. The summed E-state index contributed by atoms with van der Waals surface area (Å²) in [5.41, 5.74) is 2.04. The first-order valence-electron chi connectivity index (χ1n) is 12.0. The molecular formula is C26H40N4O2. The lowest BCUT2D eigenvalue weighted by atomic mass is 10.1. The van der Waals surface area contributed by atoms with Crippen molar-refractivity contribution in [3.63, 3.8) is 0 Å². The number of likely N-dealkylation sites (tertiary alicyclic amines) is 2. The van der Waals surface area contributed by atoms with Crippen LogP contribution in [0.3, 0.4) is 0 Å². The summed E-state index contributed by atoms with van der Waals surface area (Å²) in [6, 6.07) is 13.2. The van der Waals surface area contributed by atoms with E-state index in [0.717, 1.165) is 50.4 Å². The standard InChI is InChI=1S/C14H22N2O.C12H18N2O/c1-12(2)16-9-6-14(7-10-16)17-11-13-5-3-4-8-15-13;1-10(2)14-7-12(8-14)15-9-11-5-3-4-6-13-11/h3-5,8,12,14H,6-7,9-11H2,1-2H3;3-6,10,12H,7-9H2,1-2H3. The molecule has 4 heterocycles. The molecule has 4 rings (SSSR count). The number of hydrogen-bond donors (Lipinski definition) is 0. The molecule has 0 radical (unpaired) electrons. The van der Waals surface area contributed by atoms with Crippen molar-refractivity contribution in [2.24, 2.45) is 0 Å². The molecule has 176 valence electrons. The zero-order valence-corrected chi connectivity index (χ0v) is 20.2. The fourth-order valence-electron chi connectivity index (χ4n) is 3.93. The van der Waals surface area contributed by atoms with Gasteiger partial charge in [0.25, 0.3) is 0 Å². The second kappa shape index (κ2) is 13.0. The van der Waals surface area contributed by atoms with Crippen LogP contribution in [-0.2, 0) is 22.7 Å². The van der Waals surface area contributed by atoms with E-state index >= 15 is 0 Å². The molecule has 2 aliphatic heterocycles. The molecule has 0 atom stereocenters. The van der Waals surface area contributed by atoms with Gasteiger partial charge < -0.3 is 14.4 Å². The lowest BCUT2D eigenvalue weighted by molar-refractivity contribution is -0.0747. The van der Waals surface area contributed by atoms with Crippen LogP contribution in [0.2, 0.25) is 0 Å². The second-order valence-corrected chi connectivity index (χ2v) is 9.26. The molecular weight excluding hydrogens is 400 g/mol. The highest BCUT2D eigenvalue weighted by Gasteiger charge is 2.28. The Morgan fingerprint density at radius 2 is 1.25 bits per heavy atom. The number of ether oxygens (including phenoxy) is 2. The van der Waals surface area contributed by atoms with E-state index in [-0.39, 0.29) is 0 Å². The fourth-order valence-corrected chi connectivity index (χ4v) is 3.93. The van der Waals surface area contributed by atoms with Crippen LogP contribution >= 0.6 is 0 Å². The van der Waals surface area contributed by atoms with Crippen LogP contribution < -0.4 is 0 Å². The molecule has 2 saturated heterocycles. The van der Waals surface area contributed by atoms with Crippen molar-refractivity contribution in [2.45, 2.75) is 78.0 Å². The fraction of sp³-hybridized carbons (Fsp3) is 0.615. The van der Waals surface area contributed by atoms with E-state index in [9.17, 15) is 0 Å². The van der Waals surface area contributed by atoms with Crippen molar-refractivity contribution >= 4 is 0 Å². The third kappa shape index (κ3) is 8.24. The van der Waals surface area contributed by atoms with Gasteiger partial charge in [-0.2, -0.15) is 0 Å². The maximum atomic E-state index is 5.91. The van der Waals surface area contributed by atoms with Crippen LogP contribution in [-0.4, -0.2) is 70.2 Å². The molecule has 0 unspecified atom stereocenters. The predicted molar refractivity (Wildman–Crippen MR) is 128 cm³/mol. The van der Waals surface area contributed by atoms with Crippen LogP contribution in [0.1, 0.15) is 51.9 Å². The topological polar surface area (TPSA) is 50.7 Å². The maximum absolute atomic E-state index is 5.91. The van der Waals surface area contributed by atoms with E-state index in [1.807, 2.05) is 42.6 Å². The molecule has 6 heteroatoms. The Labute approximate surface area is 194 Å². The Bertz CT molecular complexity index is 743. The Morgan fingerprint density at radius 1 is 0.750 bits per heavy atom. The van der Waals surface area contributed by atoms with Crippen LogP contribution in [0.5, 0.6) is 0 Å². The van der Waals surface area contributed by atoms with Crippen molar-refractivity contribution in [2.75, 3.05) is 26.2 Å². The Balaban J connectivity index is 0.000000182. The number of hydrogen-bond acceptors (Lipinski definition) is 6. The van der Waals surface area contributed by atoms with Crippen molar-refractivity contribution < 1.29 is 9.47 Å². The molecule has 32 heavy (non-hydrogen) atoms. The Morgan fingerprint density at radius 3 is 1.69 bits per heavy atom. The summed E-state index contributed by atoms with van der Waals surface area (Å²) in [7, 11) is 0. The Hall–Kier alpha value is -1.86. The van der Waals surface area contributed by atoms with Crippen LogP contribution in [0.4, 0.5) is 0 Å². The first-order chi connectivity index (χ1) is 15.5. The van der Waals surface area contributed by atoms with Gasteiger partial charge in [-0.1, -0.05) is 12.1 Å². The quantitative estimate of drug-likeness (QED) is 0.614. The number of pyridine rings is 2. The van der Waals surface area contributed by atoms with E-state index in [1.54, 1.807) is 6.20 Å². The summed E-state index contributed by atoms with van der Waals surface area (Å²) in [6.07, 6.45) is 6.72. The lowest BCUT2D eigenvalue weighted by Crippen LogP contribution is -2.54. The average molecular weight is 441 g/mol. The van der Waals surface area contributed by atoms with Gasteiger partial charge in [0.15, 0.2) is 0 Å². The molecule has 2 aliphatic rings. The van der Waals surface area contributed by atoms with Gasteiger partial charge in [-0.05, 0) is 64.8 Å². The first kappa shape index (κ1) is 24.8. The van der Waals surface area contributed by atoms with Crippen molar-refractivity contribution in [3.05, 3.63) is 60.2 Å². The monoisotopic (exact) mass is 440 g/mol. The minimum Gasteiger partial charge on any atom is -0.372 e. The smallest absolute Gasteiger partial charge is 0.0892 e. The molecule has 2 aromatic rings. The van der Waals surface area contributed by atoms with Crippen LogP contribution in [0.15, 0.2) is 48.8 Å². The molecule has 0 aliphatic carbocycles. The number of rotatable bonds is 8. The third-order valence-corrected chi connectivity index (χ3v) is 6.20. The minimum absolute atomic E-state index is 0.398. The summed E-state index contributed by atoms with van der Waals surface area (Å²) in [6.45, 7) is 14.7. The van der Waals surface area contributed by atoms with Gasteiger partial charge in [0, 0.05) is 50.7 Å². The first-order valence-corrected chi connectivity index (χ1v) is 12.0. The molecule has 0 spiro atoms. The van der Waals surface area contributed by atoms with Gasteiger partial charge in [0.1, 0.15) is 0 Å². The zero-order valence-electron chi connectivity index (χ0n) is 20.2. The molecule has 0 bridgehead atoms. The summed E-state index contributed by atoms with van der Waals surface area (Å²) >= 11 is 0. The van der Waals surface area contributed by atoms with E-state index in [0.29, 0.717) is 37.5 Å². The van der Waals surface area contributed by atoms with E-state index in [2.05, 4.69) is 47.5 Å². The highest BCUT2D eigenvalue weighted by atomic mass is 16.5. The lowest BCUT2D eigenvalue weighted by Gasteiger charge is -2.41. The third-order valence-electron chi connectivity index (χ3n) is 6.20. The number of piperidine rings is 1. The van der Waals surface area contributed by atoms with Gasteiger partial charge in [0.2, 0.25) is 0 Å². The molecule has 0 saturated carbocycles. The van der Waals surface area contributed by atoms with Gasteiger partial charge in [-0.3, -0.25) is 14.9 Å². The van der Waals surface area contributed by atoms with E-state index in [1.165, 1.54) is 0 Å². The minimum atomic E-state index is 0.398. The van der Waals surface area contributed by atoms with Gasteiger partial charge in [-0.15, -0.1) is 0 Å². The van der Waals surface area contributed by atoms with Gasteiger partial charge in [-0.25, -0.2) is 0 Å². The van der Waals surface area contributed by atoms with Gasteiger partial charge >= 0.3 is 0 Å². The largest absolute Gasteiger partial charge is 0.372 e. The average Bonchev–Trinajstić information content (AvgIpc) is 2.78. The van der Waals surface area contributed by atoms with Crippen molar-refractivity contribution in [1.29, 1.82) is 0 Å². The summed E-state index contributed by atoms with van der Waals surface area (Å²) in [5, 5.41) is 0. The molecule has 2 aromatic heterocycles. The molecule has 2 fully saturated rings. The van der Waals surface area contributed by atoms with E-state index < -0.39 is 0 Å². The predicted octanol–water partition coefficient (Wildman–Crippen LogP) is 4.16. The summed E-state index contributed by atoms with van der Waals surface area (Å²) in [4.78, 5) is 13.4. The van der Waals surface area contributed by atoms with Crippen LogP contribution in [0.25, 0.3) is 0 Å². The summed E-state index contributed by atoms with van der Waals surface area (Å²) < 4.78 is 11.6. The molecule has 0 amide bonds. The van der Waals surface area contributed by atoms with Crippen molar-refractivity contribution in [1.82, 2.24) is 19.8 Å². The number of nitrogens with zero attached hydrogens (tertiary/aromatic N) is 4. The van der Waals surface area contributed by atoms with Gasteiger partial charge in [0.05, 0.1) is 36.8 Å². The molecule has 6 nitrogen and oxygen atoms in total. The summed E-state index contributed by atoms with van der Waals surface area (Å²) in [5.74, 6) is 0. The van der Waals surface area contributed by atoms with Crippen LogP contribution in [0, 0.1) is 0 Å².